The number of nitrogens with zero attached hydrogens (tertiary/aromatic N) is 3. The van der Waals surface area contributed by atoms with E-state index in [-0.39, 0.29) is 12.5 Å². The first kappa shape index (κ1) is 22.2. The summed E-state index contributed by atoms with van der Waals surface area (Å²) in [6, 6.07) is 10.1. The van der Waals surface area contributed by atoms with Gasteiger partial charge in [0.2, 0.25) is 5.91 Å². The van der Waals surface area contributed by atoms with E-state index >= 15 is 0 Å². The van der Waals surface area contributed by atoms with Crippen LogP contribution in [0, 0.1) is 5.92 Å². The molecule has 0 bridgehead atoms. The number of amides is 1. The standard InChI is InChI=1S/C21H34N4O3/c1-4-24(15-18-8-6-5-7-9-18)20(26)14-23-21(22-2)25-11-10-19(16-25)17-28-13-12-27-3/h5-9,19H,4,10-17H2,1-3H3,(H,22,23). The molecular formula is C21H34N4O3. The van der Waals surface area contributed by atoms with E-state index in [0.29, 0.717) is 32.2 Å². The quantitative estimate of drug-likeness (QED) is 0.373. The Hall–Kier alpha value is -2.12. The van der Waals surface area contributed by atoms with Crippen LogP contribution in [0.25, 0.3) is 0 Å². The zero-order valence-corrected chi connectivity index (χ0v) is 17.4. The van der Waals surface area contributed by atoms with Crippen molar-refractivity contribution in [2.45, 2.75) is 19.9 Å². The summed E-state index contributed by atoms with van der Waals surface area (Å²) in [7, 11) is 3.44. The van der Waals surface area contributed by atoms with Crippen LogP contribution in [0.5, 0.6) is 0 Å². The molecule has 7 heteroatoms. The largest absolute Gasteiger partial charge is 0.382 e. The van der Waals surface area contributed by atoms with Gasteiger partial charge in [-0.25, -0.2) is 0 Å². The fraction of sp³-hybridized carbons (Fsp3) is 0.619. The lowest BCUT2D eigenvalue weighted by Crippen LogP contribution is -2.45. The second-order valence-electron chi connectivity index (χ2n) is 6.96. The number of rotatable bonds is 10. The smallest absolute Gasteiger partial charge is 0.242 e. The number of likely N-dealkylation sites (N-methyl/N-ethyl adjacent to an activating group) is 1. The number of aliphatic imine (C=N–C) groups is 1. The summed E-state index contributed by atoms with van der Waals surface area (Å²) >= 11 is 0. The van der Waals surface area contributed by atoms with Crippen molar-refractivity contribution in [3.63, 3.8) is 0 Å². The topological polar surface area (TPSA) is 66.4 Å². The Morgan fingerprint density at radius 3 is 2.79 bits per heavy atom. The molecule has 0 saturated carbocycles. The molecule has 0 spiro atoms. The number of carbonyl (C=O) groups is 1. The van der Waals surface area contributed by atoms with Crippen LogP contribution in [-0.4, -0.2) is 81.8 Å². The van der Waals surface area contributed by atoms with Crippen LogP contribution in [0.2, 0.25) is 0 Å². The molecule has 1 fully saturated rings. The number of methoxy groups -OCH3 is 1. The third kappa shape index (κ3) is 7.13. The van der Waals surface area contributed by atoms with Crippen LogP contribution in [-0.2, 0) is 20.8 Å². The predicted octanol–water partition coefficient (Wildman–Crippen LogP) is 1.60. The highest BCUT2D eigenvalue weighted by Gasteiger charge is 2.25. The summed E-state index contributed by atoms with van der Waals surface area (Å²) in [5.74, 6) is 1.34. The SMILES string of the molecule is CCN(Cc1ccccc1)C(=O)CNC(=NC)N1CCC(COCCOC)C1. The van der Waals surface area contributed by atoms with Gasteiger partial charge in [-0.3, -0.25) is 9.79 Å². The lowest BCUT2D eigenvalue weighted by Gasteiger charge is -2.24. The number of hydrogen-bond acceptors (Lipinski definition) is 4. The Morgan fingerprint density at radius 1 is 1.32 bits per heavy atom. The van der Waals surface area contributed by atoms with E-state index in [2.05, 4.69) is 15.2 Å². The molecule has 156 valence electrons. The first-order valence-electron chi connectivity index (χ1n) is 10.0. The van der Waals surface area contributed by atoms with Gasteiger partial charge in [0.1, 0.15) is 0 Å². The molecule has 1 saturated heterocycles. The first-order valence-corrected chi connectivity index (χ1v) is 10.0. The van der Waals surface area contributed by atoms with Gasteiger partial charge < -0.3 is 24.6 Å². The lowest BCUT2D eigenvalue weighted by molar-refractivity contribution is -0.130. The van der Waals surface area contributed by atoms with Crippen molar-refractivity contribution < 1.29 is 14.3 Å². The van der Waals surface area contributed by atoms with E-state index in [0.717, 1.165) is 37.6 Å². The number of nitrogens with one attached hydrogen (secondary N) is 1. The summed E-state index contributed by atoms with van der Waals surface area (Å²) in [6.07, 6.45) is 1.07. The molecule has 1 amide bonds. The Labute approximate surface area is 168 Å². The normalized spacial score (nSPS) is 17.0. The maximum Gasteiger partial charge on any atom is 0.242 e. The molecule has 1 aromatic carbocycles. The molecule has 0 radical (unpaired) electrons. The first-order chi connectivity index (χ1) is 13.7. The number of guanidine groups is 1. The monoisotopic (exact) mass is 390 g/mol. The van der Waals surface area contributed by atoms with Gasteiger partial charge in [0.05, 0.1) is 26.4 Å². The minimum absolute atomic E-state index is 0.0751. The molecule has 7 nitrogen and oxygen atoms in total. The van der Waals surface area contributed by atoms with Gasteiger partial charge in [0, 0.05) is 46.3 Å². The molecule has 1 aromatic rings. The molecular weight excluding hydrogens is 356 g/mol. The number of benzene rings is 1. The van der Waals surface area contributed by atoms with Crippen LogP contribution in [0.15, 0.2) is 35.3 Å². The van der Waals surface area contributed by atoms with Gasteiger partial charge in [0.15, 0.2) is 5.96 Å². The van der Waals surface area contributed by atoms with Crippen LogP contribution >= 0.6 is 0 Å². The zero-order chi connectivity index (χ0) is 20.2. The van der Waals surface area contributed by atoms with Crippen LogP contribution in [0.4, 0.5) is 0 Å². The molecule has 0 aromatic heterocycles. The second-order valence-corrected chi connectivity index (χ2v) is 6.96. The third-order valence-electron chi connectivity index (χ3n) is 4.93. The third-order valence-corrected chi connectivity index (χ3v) is 4.93. The van der Waals surface area contributed by atoms with Crippen molar-refractivity contribution in [1.82, 2.24) is 15.1 Å². The van der Waals surface area contributed by atoms with E-state index in [1.54, 1.807) is 14.2 Å². The molecule has 1 aliphatic heterocycles. The fourth-order valence-corrected chi connectivity index (χ4v) is 3.33. The van der Waals surface area contributed by atoms with Crippen molar-refractivity contribution in [3.8, 4) is 0 Å². The molecule has 1 atom stereocenters. The minimum atomic E-state index is 0.0751. The highest BCUT2D eigenvalue weighted by atomic mass is 16.5. The molecule has 1 N–H and O–H groups in total. The Bertz CT molecular complexity index is 609. The Balaban J connectivity index is 1.77. The minimum Gasteiger partial charge on any atom is -0.382 e. The fourth-order valence-electron chi connectivity index (χ4n) is 3.33. The van der Waals surface area contributed by atoms with E-state index < -0.39 is 0 Å². The highest BCUT2D eigenvalue weighted by molar-refractivity contribution is 5.86. The van der Waals surface area contributed by atoms with Crippen molar-refractivity contribution in [3.05, 3.63) is 35.9 Å². The maximum atomic E-state index is 12.6. The molecule has 2 rings (SSSR count). The summed E-state index contributed by atoms with van der Waals surface area (Å²) in [5, 5.41) is 3.23. The summed E-state index contributed by atoms with van der Waals surface area (Å²) < 4.78 is 10.7. The highest BCUT2D eigenvalue weighted by Crippen LogP contribution is 2.16. The second kappa shape index (κ2) is 12.4. The van der Waals surface area contributed by atoms with E-state index in [9.17, 15) is 4.79 Å². The average Bonchev–Trinajstić information content (AvgIpc) is 3.19. The number of likely N-dealkylation sites (tertiary alicyclic amines) is 1. The van der Waals surface area contributed by atoms with E-state index in [1.807, 2.05) is 42.2 Å². The molecule has 1 unspecified atom stereocenters. The van der Waals surface area contributed by atoms with Crippen LogP contribution in [0.3, 0.4) is 0 Å². The lowest BCUT2D eigenvalue weighted by atomic mass is 10.1. The van der Waals surface area contributed by atoms with Crippen molar-refractivity contribution in [2.24, 2.45) is 10.9 Å². The Kier molecular flexibility index (Phi) is 9.79. The summed E-state index contributed by atoms with van der Waals surface area (Å²) in [4.78, 5) is 21.0. The van der Waals surface area contributed by atoms with Gasteiger partial charge in [-0.1, -0.05) is 30.3 Å². The summed E-state index contributed by atoms with van der Waals surface area (Å²) in [5.41, 5.74) is 1.14. The Morgan fingerprint density at radius 2 is 2.11 bits per heavy atom. The van der Waals surface area contributed by atoms with Gasteiger partial charge in [-0.05, 0) is 18.9 Å². The number of ether oxygens (including phenoxy) is 2. The molecule has 1 heterocycles. The van der Waals surface area contributed by atoms with Crippen LogP contribution in [0.1, 0.15) is 18.9 Å². The zero-order valence-electron chi connectivity index (χ0n) is 17.4. The summed E-state index contributed by atoms with van der Waals surface area (Å²) in [6.45, 7) is 7.36. The maximum absolute atomic E-state index is 12.6. The van der Waals surface area contributed by atoms with E-state index in [1.165, 1.54) is 0 Å². The predicted molar refractivity (Wildman–Crippen MR) is 111 cm³/mol. The molecule has 28 heavy (non-hydrogen) atoms. The number of hydrogen-bond donors (Lipinski definition) is 1. The van der Waals surface area contributed by atoms with Crippen molar-refractivity contribution >= 4 is 11.9 Å². The molecule has 1 aliphatic rings. The number of carbonyl (C=O) groups excluding carboxylic acids is 1. The molecule has 0 aliphatic carbocycles. The average molecular weight is 391 g/mol. The van der Waals surface area contributed by atoms with Gasteiger partial charge >= 0.3 is 0 Å². The van der Waals surface area contributed by atoms with Gasteiger partial charge in [-0.15, -0.1) is 0 Å². The van der Waals surface area contributed by atoms with Crippen molar-refractivity contribution in [2.75, 3.05) is 60.2 Å². The van der Waals surface area contributed by atoms with Gasteiger partial charge in [-0.2, -0.15) is 0 Å². The van der Waals surface area contributed by atoms with Gasteiger partial charge in [0.25, 0.3) is 0 Å². The van der Waals surface area contributed by atoms with Crippen LogP contribution < -0.4 is 5.32 Å². The van der Waals surface area contributed by atoms with Crippen molar-refractivity contribution in [1.29, 1.82) is 0 Å². The van der Waals surface area contributed by atoms with E-state index in [4.69, 9.17) is 9.47 Å².